The van der Waals surface area contributed by atoms with Gasteiger partial charge in [-0.3, -0.25) is 0 Å². The molecule has 0 aromatic carbocycles. The fraction of sp³-hybridized carbons (Fsp3) is 0.250. The summed E-state index contributed by atoms with van der Waals surface area (Å²) in [6, 6.07) is 0. The highest BCUT2D eigenvalue weighted by molar-refractivity contribution is 5.93. The predicted octanol–water partition coefficient (Wildman–Crippen LogP) is 4.12. The standard InChI is InChI=1S/C20H24N4O2/c1-15-4-3-9-20(13-23,14-24)18(15)8-7-16(11-21)5-2-6-17(12-22)10-19(25)26/h2,5-8,10-14,21-24H,3-4,9H2,1H3,(H,25,26)/b6-2+,8-7+,16-5-,17-10-,21-11?,22-12?,23-13?,24-14?. The van der Waals surface area contributed by atoms with E-state index >= 15 is 0 Å². The maximum atomic E-state index is 10.6. The first-order chi connectivity index (χ1) is 12.4. The Kier molecular flexibility index (Phi) is 8.02. The molecule has 5 N–H and O–H groups in total. The first kappa shape index (κ1) is 20.9. The molecule has 0 aliphatic heterocycles. The second-order valence-electron chi connectivity index (χ2n) is 6.01. The zero-order chi connectivity index (χ0) is 19.6. The van der Waals surface area contributed by atoms with Crippen LogP contribution in [0.3, 0.4) is 0 Å². The molecule has 1 rings (SSSR count). The van der Waals surface area contributed by atoms with Gasteiger partial charge >= 0.3 is 5.97 Å². The lowest BCUT2D eigenvalue weighted by Gasteiger charge is -2.32. The van der Waals surface area contributed by atoms with Crippen LogP contribution in [0.15, 0.2) is 58.7 Å². The average molecular weight is 352 g/mol. The van der Waals surface area contributed by atoms with Crippen LogP contribution in [0.25, 0.3) is 0 Å². The van der Waals surface area contributed by atoms with Gasteiger partial charge in [0, 0.05) is 30.9 Å². The van der Waals surface area contributed by atoms with Crippen molar-refractivity contribution in [2.24, 2.45) is 5.41 Å². The lowest BCUT2D eigenvalue weighted by molar-refractivity contribution is -0.131. The lowest BCUT2D eigenvalue weighted by atomic mass is 9.71. The number of carbonyl (C=O) groups is 1. The largest absolute Gasteiger partial charge is 0.478 e. The van der Waals surface area contributed by atoms with E-state index in [-0.39, 0.29) is 5.57 Å². The number of nitrogens with one attached hydrogen (secondary N) is 4. The van der Waals surface area contributed by atoms with Crippen LogP contribution in [-0.2, 0) is 4.79 Å². The van der Waals surface area contributed by atoms with Gasteiger partial charge in [-0.15, -0.1) is 0 Å². The lowest BCUT2D eigenvalue weighted by Crippen LogP contribution is -2.29. The Bertz CT molecular complexity index is 744. The fourth-order valence-corrected chi connectivity index (χ4v) is 2.83. The van der Waals surface area contributed by atoms with E-state index in [1.165, 1.54) is 24.7 Å². The van der Waals surface area contributed by atoms with Crippen molar-refractivity contribution in [2.75, 3.05) is 0 Å². The van der Waals surface area contributed by atoms with Crippen LogP contribution in [0.1, 0.15) is 26.2 Å². The first-order valence-corrected chi connectivity index (χ1v) is 8.18. The highest BCUT2D eigenvalue weighted by atomic mass is 16.4. The van der Waals surface area contributed by atoms with Crippen LogP contribution in [-0.4, -0.2) is 35.9 Å². The van der Waals surface area contributed by atoms with E-state index < -0.39 is 11.4 Å². The third-order valence-electron chi connectivity index (χ3n) is 4.26. The van der Waals surface area contributed by atoms with Gasteiger partial charge in [-0.05, 0) is 42.9 Å². The van der Waals surface area contributed by atoms with Crippen LogP contribution >= 0.6 is 0 Å². The van der Waals surface area contributed by atoms with Crippen molar-refractivity contribution < 1.29 is 9.90 Å². The van der Waals surface area contributed by atoms with Crippen LogP contribution in [0.4, 0.5) is 0 Å². The van der Waals surface area contributed by atoms with E-state index in [1.54, 1.807) is 18.2 Å². The van der Waals surface area contributed by atoms with Crippen molar-refractivity contribution in [1.82, 2.24) is 0 Å². The molecule has 0 aromatic heterocycles. The van der Waals surface area contributed by atoms with Crippen LogP contribution in [0.2, 0.25) is 0 Å². The summed E-state index contributed by atoms with van der Waals surface area (Å²) in [6.07, 6.45) is 16.5. The van der Waals surface area contributed by atoms with Crippen molar-refractivity contribution in [3.63, 3.8) is 0 Å². The number of hydrogen-bond acceptors (Lipinski definition) is 5. The van der Waals surface area contributed by atoms with Gasteiger partial charge in [-0.1, -0.05) is 36.0 Å². The quantitative estimate of drug-likeness (QED) is 0.242. The maximum Gasteiger partial charge on any atom is 0.328 e. The first-order valence-electron chi connectivity index (χ1n) is 8.18. The molecule has 6 heteroatoms. The van der Waals surface area contributed by atoms with Crippen LogP contribution in [0.5, 0.6) is 0 Å². The number of carboxylic acids is 1. The molecule has 1 aliphatic carbocycles. The monoisotopic (exact) mass is 352 g/mol. The maximum absolute atomic E-state index is 10.6. The molecule has 0 heterocycles. The molecular weight excluding hydrogens is 328 g/mol. The summed E-state index contributed by atoms with van der Waals surface area (Å²) in [4.78, 5) is 10.6. The fourth-order valence-electron chi connectivity index (χ4n) is 2.83. The summed E-state index contributed by atoms with van der Waals surface area (Å²) < 4.78 is 0. The third kappa shape index (κ3) is 5.44. The van der Waals surface area contributed by atoms with Crippen molar-refractivity contribution in [1.29, 1.82) is 21.6 Å². The Balaban J connectivity index is 3.10. The van der Waals surface area contributed by atoms with Gasteiger partial charge in [-0.2, -0.15) is 0 Å². The van der Waals surface area contributed by atoms with Gasteiger partial charge < -0.3 is 26.7 Å². The number of carboxylic acid groups (broad SMARTS) is 1. The molecule has 0 saturated carbocycles. The molecule has 0 saturated heterocycles. The molecule has 136 valence electrons. The van der Waals surface area contributed by atoms with Crippen molar-refractivity contribution >= 4 is 30.8 Å². The molecule has 6 nitrogen and oxygen atoms in total. The van der Waals surface area contributed by atoms with Gasteiger partial charge in [0.15, 0.2) is 0 Å². The van der Waals surface area contributed by atoms with Gasteiger partial charge in [0.05, 0.1) is 5.41 Å². The highest BCUT2D eigenvalue weighted by Gasteiger charge is 2.32. The Morgan fingerprint density at radius 1 is 1.08 bits per heavy atom. The Morgan fingerprint density at radius 3 is 2.27 bits per heavy atom. The summed E-state index contributed by atoms with van der Waals surface area (Å²) >= 11 is 0. The molecule has 0 aromatic rings. The molecule has 0 amide bonds. The van der Waals surface area contributed by atoms with Gasteiger partial charge in [0.1, 0.15) is 0 Å². The molecule has 0 bridgehead atoms. The Morgan fingerprint density at radius 2 is 1.73 bits per heavy atom. The third-order valence-corrected chi connectivity index (χ3v) is 4.26. The molecule has 0 spiro atoms. The SMILES string of the molecule is CC1=C(/C=C/C(C=N)=C/C=C/C(C=N)=C/C(=O)O)C(C=N)(C=N)CCC1. The minimum Gasteiger partial charge on any atom is -0.478 e. The van der Waals surface area contributed by atoms with Gasteiger partial charge in [0.2, 0.25) is 0 Å². The van der Waals surface area contributed by atoms with Gasteiger partial charge in [-0.25, -0.2) is 4.79 Å². The normalized spacial score (nSPS) is 21.9. The van der Waals surface area contributed by atoms with Crippen molar-refractivity contribution in [3.8, 4) is 0 Å². The van der Waals surface area contributed by atoms with E-state index in [9.17, 15) is 4.79 Å². The van der Waals surface area contributed by atoms with E-state index in [4.69, 9.17) is 26.7 Å². The smallest absolute Gasteiger partial charge is 0.328 e. The topological polar surface area (TPSA) is 133 Å². The summed E-state index contributed by atoms with van der Waals surface area (Å²) in [5, 5.41) is 38.9. The Hall–Kier alpha value is -3.15. The van der Waals surface area contributed by atoms with Crippen molar-refractivity contribution in [3.05, 3.63) is 58.7 Å². The minimum absolute atomic E-state index is 0.236. The molecule has 26 heavy (non-hydrogen) atoms. The summed E-state index contributed by atoms with van der Waals surface area (Å²) in [6.45, 7) is 2.00. The number of aliphatic carboxylic acids is 1. The molecule has 0 fully saturated rings. The zero-order valence-electron chi connectivity index (χ0n) is 14.8. The molecule has 0 atom stereocenters. The number of rotatable bonds is 9. The molecular formula is C20H24N4O2. The second-order valence-corrected chi connectivity index (χ2v) is 6.01. The second kappa shape index (κ2) is 9.98. The van der Waals surface area contributed by atoms with E-state index in [2.05, 4.69) is 0 Å². The van der Waals surface area contributed by atoms with E-state index in [0.29, 0.717) is 5.57 Å². The Labute approximate surface area is 153 Å². The van der Waals surface area contributed by atoms with E-state index in [1.807, 2.05) is 13.0 Å². The van der Waals surface area contributed by atoms with Crippen LogP contribution < -0.4 is 0 Å². The predicted molar refractivity (Wildman–Crippen MR) is 106 cm³/mol. The van der Waals surface area contributed by atoms with Crippen LogP contribution in [0, 0.1) is 27.1 Å². The van der Waals surface area contributed by atoms with E-state index in [0.717, 1.165) is 42.7 Å². The zero-order valence-corrected chi connectivity index (χ0v) is 14.8. The highest BCUT2D eigenvalue weighted by Crippen LogP contribution is 2.38. The average Bonchev–Trinajstić information content (AvgIpc) is 2.63. The summed E-state index contributed by atoms with van der Waals surface area (Å²) in [5.41, 5.74) is 2.18. The molecule has 0 unspecified atom stereocenters. The number of allylic oxidation sites excluding steroid dienone is 9. The summed E-state index contributed by atoms with van der Waals surface area (Å²) in [5.74, 6) is -1.13. The molecule has 1 aliphatic rings. The van der Waals surface area contributed by atoms with Crippen molar-refractivity contribution in [2.45, 2.75) is 26.2 Å². The minimum atomic E-state index is -1.13. The molecule has 0 radical (unpaired) electrons. The van der Waals surface area contributed by atoms with Gasteiger partial charge in [0.25, 0.3) is 0 Å². The number of hydrogen-bond donors (Lipinski definition) is 5. The summed E-state index contributed by atoms with van der Waals surface area (Å²) in [7, 11) is 0.